The zero-order chi connectivity index (χ0) is 22.9. The molecule has 2 rings (SSSR count). The van der Waals surface area contributed by atoms with Crippen LogP contribution in [0, 0.1) is 18.3 Å². The minimum absolute atomic E-state index is 0.115. The van der Waals surface area contributed by atoms with Crippen LogP contribution in [0.2, 0.25) is 0 Å². The zero-order valence-electron chi connectivity index (χ0n) is 19.4. The molecule has 0 amide bonds. The maximum atomic E-state index is 8.92. The van der Waals surface area contributed by atoms with Crippen LogP contribution in [-0.4, -0.2) is 39.8 Å². The van der Waals surface area contributed by atoms with Gasteiger partial charge in [0.1, 0.15) is 25.2 Å². The van der Waals surface area contributed by atoms with E-state index in [2.05, 4.69) is 59.3 Å². The van der Waals surface area contributed by atoms with Gasteiger partial charge in [0.05, 0.1) is 30.0 Å². The van der Waals surface area contributed by atoms with Gasteiger partial charge in [-0.3, -0.25) is 9.97 Å². The van der Waals surface area contributed by atoms with Crippen LogP contribution in [0.4, 0.5) is 0 Å². The molecule has 2 unspecified atom stereocenters. The first-order valence-corrected chi connectivity index (χ1v) is 11.5. The van der Waals surface area contributed by atoms with Crippen molar-refractivity contribution in [3.63, 3.8) is 0 Å². The van der Waals surface area contributed by atoms with Crippen molar-refractivity contribution in [3.05, 3.63) is 47.8 Å². The Labute approximate surface area is 189 Å². The lowest BCUT2D eigenvalue weighted by molar-refractivity contribution is -1.13. The van der Waals surface area contributed by atoms with Crippen molar-refractivity contribution in [1.82, 2.24) is 9.97 Å². The summed E-state index contributed by atoms with van der Waals surface area (Å²) in [5.41, 5.74) is 3.88. The molecule has 0 spiro atoms. The van der Waals surface area contributed by atoms with E-state index in [0.29, 0.717) is 29.8 Å². The first-order chi connectivity index (χ1) is 14.9. The van der Waals surface area contributed by atoms with Gasteiger partial charge in [-0.05, 0) is 58.7 Å². The van der Waals surface area contributed by atoms with Crippen LogP contribution in [0.1, 0.15) is 64.2 Å². The van der Waals surface area contributed by atoms with Crippen LogP contribution in [0.5, 0.6) is 0 Å². The minimum Gasteiger partial charge on any atom is -0.358 e. The quantitative estimate of drug-likeness (QED) is 0.186. The van der Waals surface area contributed by atoms with Gasteiger partial charge < -0.3 is 4.52 Å². The van der Waals surface area contributed by atoms with E-state index in [1.165, 1.54) is 0 Å². The van der Waals surface area contributed by atoms with E-state index in [9.17, 15) is 0 Å². The predicted molar refractivity (Wildman–Crippen MR) is 127 cm³/mol. The highest BCUT2D eigenvalue weighted by molar-refractivity contribution is 7.09. The van der Waals surface area contributed by atoms with Crippen LogP contribution in [0.15, 0.2) is 36.7 Å². The molecule has 2 heterocycles. The Balaban J connectivity index is 2.20. The zero-order valence-corrected chi connectivity index (χ0v) is 20.6. The molecule has 7 heteroatoms. The van der Waals surface area contributed by atoms with Gasteiger partial charge >= 0.3 is 0 Å². The molecule has 0 aliphatic rings. The van der Waals surface area contributed by atoms with E-state index in [1.807, 2.05) is 25.1 Å². The number of nitrogens with zero attached hydrogens (tertiary/aromatic N) is 4. The lowest BCUT2D eigenvalue weighted by atomic mass is 9.99. The number of aryl methyl sites for hydroxylation is 1. The van der Waals surface area contributed by atoms with Gasteiger partial charge in [-0.1, -0.05) is 12.1 Å². The topological polar surface area (TPSA) is 68.0 Å². The summed E-state index contributed by atoms with van der Waals surface area (Å²) in [5.74, 6) is 0. The SMILES string of the molecule is Cc1cccnc1-c1ncccc1C(CCC[N+](OCCC#N)(C(C)C)C(C)C)OP. The number of hydrogen-bond donors (Lipinski definition) is 0. The summed E-state index contributed by atoms with van der Waals surface area (Å²) in [6.45, 7) is 12.1. The number of hydroxylamine groups is 3. The van der Waals surface area contributed by atoms with Gasteiger partial charge in [0.25, 0.3) is 0 Å². The van der Waals surface area contributed by atoms with Crippen LogP contribution in [0.25, 0.3) is 11.4 Å². The molecule has 0 N–H and O–H groups in total. The average Bonchev–Trinajstić information content (AvgIpc) is 2.75. The highest BCUT2D eigenvalue weighted by atomic mass is 31.0. The summed E-state index contributed by atoms with van der Waals surface area (Å²) in [6, 6.07) is 10.8. The maximum absolute atomic E-state index is 8.92. The predicted octanol–water partition coefficient (Wildman–Crippen LogP) is 5.56. The summed E-state index contributed by atoms with van der Waals surface area (Å²) in [7, 11) is 2.42. The van der Waals surface area contributed by atoms with E-state index in [1.54, 1.807) is 12.4 Å². The van der Waals surface area contributed by atoms with Crippen molar-refractivity contribution in [2.24, 2.45) is 0 Å². The molecule has 0 radical (unpaired) electrons. The normalized spacial score (nSPS) is 12.9. The Kier molecular flexibility index (Phi) is 9.99. The van der Waals surface area contributed by atoms with Crippen molar-refractivity contribution in [3.8, 4) is 17.5 Å². The molecule has 0 bridgehead atoms. The molecule has 2 aromatic rings. The molecule has 6 nitrogen and oxygen atoms in total. The van der Waals surface area contributed by atoms with E-state index in [4.69, 9.17) is 14.6 Å². The van der Waals surface area contributed by atoms with E-state index >= 15 is 0 Å². The highest BCUT2D eigenvalue weighted by Crippen LogP contribution is 2.33. The molecular weight excluding hydrogens is 407 g/mol. The Morgan fingerprint density at radius 3 is 2.29 bits per heavy atom. The van der Waals surface area contributed by atoms with Crippen molar-refractivity contribution < 1.29 is 14.0 Å². The fourth-order valence-corrected chi connectivity index (χ4v) is 4.45. The molecule has 0 saturated heterocycles. The molecular formula is C24H36N4O2P+. The molecule has 0 aliphatic carbocycles. The summed E-state index contributed by atoms with van der Waals surface area (Å²) in [4.78, 5) is 15.5. The van der Waals surface area contributed by atoms with E-state index in [0.717, 1.165) is 41.9 Å². The van der Waals surface area contributed by atoms with Crippen LogP contribution in [0.3, 0.4) is 0 Å². The fourth-order valence-electron chi connectivity index (χ4n) is 4.17. The standard InChI is InChI=1S/C24H36N4O2P/c1-18(2)28(19(3)4,29-17-9-13-25)16-8-12-22(30-31)21-11-7-15-27-24(21)23-20(5)10-6-14-26-23/h6-7,10-11,14-15,18-19,22H,8-9,12,16-17,31H2,1-5H3/q+1. The van der Waals surface area contributed by atoms with Crippen molar-refractivity contribution in [2.75, 3.05) is 13.2 Å². The number of quaternary nitrogens is 1. The van der Waals surface area contributed by atoms with E-state index < -0.39 is 0 Å². The molecule has 168 valence electrons. The number of pyridine rings is 2. The van der Waals surface area contributed by atoms with Gasteiger partial charge in [-0.25, -0.2) is 4.84 Å². The van der Waals surface area contributed by atoms with Gasteiger partial charge in [0.2, 0.25) is 0 Å². The fraction of sp³-hybridized carbons (Fsp3) is 0.542. The summed E-state index contributed by atoms with van der Waals surface area (Å²) in [6.07, 6.45) is 5.63. The van der Waals surface area contributed by atoms with Crippen molar-refractivity contribution in [1.29, 1.82) is 5.26 Å². The van der Waals surface area contributed by atoms with Crippen LogP contribution in [-0.2, 0) is 9.36 Å². The molecule has 31 heavy (non-hydrogen) atoms. The van der Waals surface area contributed by atoms with Gasteiger partial charge in [0, 0.05) is 33.8 Å². The number of hydrogen-bond acceptors (Lipinski definition) is 5. The highest BCUT2D eigenvalue weighted by Gasteiger charge is 2.37. The lowest BCUT2D eigenvalue weighted by Crippen LogP contribution is -2.58. The molecule has 0 saturated carbocycles. The third-order valence-electron chi connectivity index (χ3n) is 5.85. The first kappa shape index (κ1) is 25.4. The van der Waals surface area contributed by atoms with Crippen LogP contribution < -0.4 is 0 Å². The summed E-state index contributed by atoms with van der Waals surface area (Å²) >= 11 is 0. The van der Waals surface area contributed by atoms with Crippen LogP contribution >= 0.6 is 9.47 Å². The second kappa shape index (κ2) is 12.2. The lowest BCUT2D eigenvalue weighted by Gasteiger charge is -2.42. The Morgan fingerprint density at radius 2 is 1.71 bits per heavy atom. The summed E-state index contributed by atoms with van der Waals surface area (Å²) < 4.78 is 6.36. The van der Waals surface area contributed by atoms with Crippen molar-refractivity contribution in [2.45, 2.75) is 72.1 Å². The van der Waals surface area contributed by atoms with Gasteiger partial charge in [-0.2, -0.15) is 9.91 Å². The first-order valence-electron chi connectivity index (χ1n) is 11.0. The molecule has 0 aromatic carbocycles. The second-order valence-corrected chi connectivity index (χ2v) is 8.66. The largest absolute Gasteiger partial charge is 0.358 e. The third kappa shape index (κ3) is 6.30. The molecule has 2 aromatic heterocycles. The second-order valence-electron chi connectivity index (χ2n) is 8.38. The van der Waals surface area contributed by atoms with Gasteiger partial charge in [0.15, 0.2) is 0 Å². The van der Waals surface area contributed by atoms with Gasteiger partial charge in [-0.15, -0.1) is 0 Å². The molecule has 0 aliphatic heterocycles. The Morgan fingerprint density at radius 1 is 1.06 bits per heavy atom. The Hall–Kier alpha value is -1.90. The maximum Gasteiger partial charge on any atom is 0.119 e. The monoisotopic (exact) mass is 443 g/mol. The molecule has 0 fully saturated rings. The van der Waals surface area contributed by atoms with E-state index in [-0.39, 0.29) is 6.10 Å². The number of rotatable bonds is 12. The number of aromatic nitrogens is 2. The smallest absolute Gasteiger partial charge is 0.119 e. The Bertz CT molecular complexity index is 859. The number of nitriles is 1. The average molecular weight is 444 g/mol. The third-order valence-corrected chi connectivity index (χ3v) is 6.18. The van der Waals surface area contributed by atoms with Crippen molar-refractivity contribution >= 4 is 9.47 Å². The minimum atomic E-state index is -0.115. The summed E-state index contributed by atoms with van der Waals surface area (Å²) in [5, 5.41) is 8.92. The molecule has 2 atom stereocenters.